The SMILES string of the molecule is CC(Cc1cccs1)N=C(N)Nc1ccccc1. The monoisotopic (exact) mass is 259 g/mol. The van der Waals surface area contributed by atoms with E-state index in [4.69, 9.17) is 5.73 Å². The molecule has 0 radical (unpaired) electrons. The summed E-state index contributed by atoms with van der Waals surface area (Å²) in [7, 11) is 0. The number of hydrogen-bond donors (Lipinski definition) is 2. The molecule has 2 rings (SSSR count). The van der Waals surface area contributed by atoms with E-state index < -0.39 is 0 Å². The summed E-state index contributed by atoms with van der Waals surface area (Å²) in [5, 5.41) is 5.16. The van der Waals surface area contributed by atoms with E-state index in [1.807, 2.05) is 30.3 Å². The third kappa shape index (κ3) is 3.89. The molecule has 3 nitrogen and oxygen atoms in total. The molecule has 4 heteroatoms. The van der Waals surface area contributed by atoms with Crippen molar-refractivity contribution in [3.63, 3.8) is 0 Å². The summed E-state index contributed by atoms with van der Waals surface area (Å²) in [5.41, 5.74) is 6.84. The quantitative estimate of drug-likeness (QED) is 0.655. The first-order valence-corrected chi connectivity index (χ1v) is 6.80. The average molecular weight is 259 g/mol. The van der Waals surface area contributed by atoms with Crippen LogP contribution in [0.5, 0.6) is 0 Å². The van der Waals surface area contributed by atoms with Gasteiger partial charge in [0.1, 0.15) is 0 Å². The maximum Gasteiger partial charge on any atom is 0.193 e. The highest BCUT2D eigenvalue weighted by molar-refractivity contribution is 7.09. The van der Waals surface area contributed by atoms with Gasteiger partial charge in [-0.3, -0.25) is 0 Å². The van der Waals surface area contributed by atoms with Gasteiger partial charge >= 0.3 is 0 Å². The van der Waals surface area contributed by atoms with Crippen LogP contribution in [-0.2, 0) is 6.42 Å². The number of rotatable bonds is 4. The lowest BCUT2D eigenvalue weighted by Crippen LogP contribution is -2.24. The highest BCUT2D eigenvalue weighted by atomic mass is 32.1. The van der Waals surface area contributed by atoms with Gasteiger partial charge in [-0.05, 0) is 30.5 Å². The first-order chi connectivity index (χ1) is 8.74. The van der Waals surface area contributed by atoms with E-state index in [0.29, 0.717) is 5.96 Å². The van der Waals surface area contributed by atoms with E-state index in [-0.39, 0.29) is 6.04 Å². The molecule has 0 aliphatic rings. The minimum atomic E-state index is 0.180. The van der Waals surface area contributed by atoms with Gasteiger partial charge in [-0.1, -0.05) is 24.3 Å². The second-order valence-corrected chi connectivity index (χ2v) is 5.17. The first kappa shape index (κ1) is 12.6. The van der Waals surface area contributed by atoms with Gasteiger partial charge < -0.3 is 11.1 Å². The van der Waals surface area contributed by atoms with Gasteiger partial charge in [-0.2, -0.15) is 0 Å². The highest BCUT2D eigenvalue weighted by Crippen LogP contribution is 2.12. The second-order valence-electron chi connectivity index (χ2n) is 4.14. The van der Waals surface area contributed by atoms with Crippen LogP contribution in [0, 0.1) is 0 Å². The molecule has 0 fully saturated rings. The maximum absolute atomic E-state index is 5.88. The number of nitrogens with one attached hydrogen (secondary N) is 1. The molecule has 0 aliphatic heterocycles. The van der Waals surface area contributed by atoms with Crippen LogP contribution in [-0.4, -0.2) is 12.0 Å². The summed E-state index contributed by atoms with van der Waals surface area (Å²) < 4.78 is 0. The van der Waals surface area contributed by atoms with E-state index >= 15 is 0 Å². The van der Waals surface area contributed by atoms with Crippen LogP contribution in [0.15, 0.2) is 52.8 Å². The summed E-state index contributed by atoms with van der Waals surface area (Å²) in [6.07, 6.45) is 0.925. The number of thiophene rings is 1. The number of nitrogens with zero attached hydrogens (tertiary/aromatic N) is 1. The molecular formula is C14H17N3S. The third-order valence-electron chi connectivity index (χ3n) is 2.48. The molecule has 1 aromatic heterocycles. The topological polar surface area (TPSA) is 50.4 Å². The van der Waals surface area contributed by atoms with E-state index in [9.17, 15) is 0 Å². The van der Waals surface area contributed by atoms with Gasteiger partial charge in [-0.15, -0.1) is 11.3 Å². The molecule has 0 saturated heterocycles. The minimum absolute atomic E-state index is 0.180. The Bertz CT molecular complexity index is 491. The summed E-state index contributed by atoms with van der Waals surface area (Å²) in [4.78, 5) is 5.77. The molecule has 18 heavy (non-hydrogen) atoms. The fourth-order valence-corrected chi connectivity index (χ4v) is 2.53. The maximum atomic E-state index is 5.88. The van der Waals surface area contributed by atoms with Crippen molar-refractivity contribution in [2.75, 3.05) is 5.32 Å². The lowest BCUT2D eigenvalue weighted by Gasteiger charge is -2.09. The molecule has 2 aromatic rings. The molecule has 1 aromatic carbocycles. The lowest BCUT2D eigenvalue weighted by molar-refractivity contribution is 0.747. The van der Waals surface area contributed by atoms with Crippen molar-refractivity contribution in [3.8, 4) is 0 Å². The number of nitrogens with two attached hydrogens (primary N) is 1. The van der Waals surface area contributed by atoms with Gasteiger partial charge in [0.05, 0.1) is 6.04 Å². The van der Waals surface area contributed by atoms with Crippen molar-refractivity contribution < 1.29 is 0 Å². The number of para-hydroxylation sites is 1. The minimum Gasteiger partial charge on any atom is -0.370 e. The predicted octanol–water partition coefficient (Wildman–Crippen LogP) is 3.11. The Morgan fingerprint density at radius 1 is 1.28 bits per heavy atom. The number of anilines is 1. The van der Waals surface area contributed by atoms with E-state index in [0.717, 1.165) is 12.1 Å². The molecule has 0 bridgehead atoms. The number of hydrogen-bond acceptors (Lipinski definition) is 2. The fraction of sp³-hybridized carbons (Fsp3) is 0.214. The highest BCUT2D eigenvalue weighted by Gasteiger charge is 2.03. The van der Waals surface area contributed by atoms with Crippen molar-refractivity contribution in [2.24, 2.45) is 10.7 Å². The van der Waals surface area contributed by atoms with Crippen molar-refractivity contribution in [3.05, 3.63) is 52.7 Å². The Balaban J connectivity index is 1.91. The Hall–Kier alpha value is -1.81. The number of aliphatic imine (C=N–C) groups is 1. The van der Waals surface area contributed by atoms with E-state index in [1.54, 1.807) is 11.3 Å². The summed E-state index contributed by atoms with van der Waals surface area (Å²) >= 11 is 1.75. The van der Waals surface area contributed by atoms with E-state index in [1.165, 1.54) is 4.88 Å². The zero-order valence-electron chi connectivity index (χ0n) is 10.3. The van der Waals surface area contributed by atoms with Gasteiger partial charge in [-0.25, -0.2) is 4.99 Å². The summed E-state index contributed by atoms with van der Waals surface area (Å²) in [6, 6.07) is 14.2. The van der Waals surface area contributed by atoms with Gasteiger partial charge in [0.2, 0.25) is 0 Å². The van der Waals surface area contributed by atoms with Gasteiger partial charge in [0.15, 0.2) is 5.96 Å². The normalized spacial score (nSPS) is 13.3. The van der Waals surface area contributed by atoms with Crippen LogP contribution in [0.3, 0.4) is 0 Å². The smallest absolute Gasteiger partial charge is 0.193 e. The van der Waals surface area contributed by atoms with E-state index in [2.05, 4.69) is 34.7 Å². The predicted molar refractivity (Wildman–Crippen MR) is 79.2 cm³/mol. The largest absolute Gasteiger partial charge is 0.370 e. The number of benzene rings is 1. The summed E-state index contributed by atoms with van der Waals surface area (Å²) in [6.45, 7) is 2.07. The Kier molecular flexibility index (Phi) is 4.36. The molecule has 1 atom stereocenters. The zero-order valence-corrected chi connectivity index (χ0v) is 11.2. The first-order valence-electron chi connectivity index (χ1n) is 5.92. The van der Waals surface area contributed by atoms with Crippen LogP contribution >= 0.6 is 11.3 Å². The van der Waals surface area contributed by atoms with Gasteiger partial charge in [0.25, 0.3) is 0 Å². The van der Waals surface area contributed by atoms with Crippen LogP contribution in [0.25, 0.3) is 0 Å². The molecule has 3 N–H and O–H groups in total. The zero-order chi connectivity index (χ0) is 12.8. The average Bonchev–Trinajstić information content (AvgIpc) is 2.82. The lowest BCUT2D eigenvalue weighted by atomic mass is 10.2. The molecule has 1 unspecified atom stereocenters. The molecule has 0 aliphatic carbocycles. The molecule has 94 valence electrons. The third-order valence-corrected chi connectivity index (χ3v) is 3.38. The standard InChI is InChI=1S/C14H17N3S/c1-11(10-13-8-5-9-18-13)16-14(15)17-12-6-3-2-4-7-12/h2-9,11H,10H2,1H3,(H3,15,16,17). The Labute approximate surface area is 111 Å². The van der Waals surface area contributed by atoms with Crippen molar-refractivity contribution in [2.45, 2.75) is 19.4 Å². The van der Waals surface area contributed by atoms with Crippen molar-refractivity contribution in [1.29, 1.82) is 0 Å². The molecule has 0 spiro atoms. The molecule has 1 heterocycles. The van der Waals surface area contributed by atoms with Crippen LogP contribution in [0.2, 0.25) is 0 Å². The summed E-state index contributed by atoms with van der Waals surface area (Å²) in [5.74, 6) is 0.463. The fourth-order valence-electron chi connectivity index (χ4n) is 1.70. The Morgan fingerprint density at radius 3 is 2.72 bits per heavy atom. The van der Waals surface area contributed by atoms with Crippen LogP contribution in [0.1, 0.15) is 11.8 Å². The van der Waals surface area contributed by atoms with Crippen molar-refractivity contribution >= 4 is 23.0 Å². The van der Waals surface area contributed by atoms with Gasteiger partial charge in [0, 0.05) is 17.0 Å². The molecule has 0 amide bonds. The number of guanidine groups is 1. The second kappa shape index (κ2) is 6.21. The Morgan fingerprint density at radius 2 is 2.06 bits per heavy atom. The van der Waals surface area contributed by atoms with Crippen LogP contribution in [0.4, 0.5) is 5.69 Å². The van der Waals surface area contributed by atoms with Crippen molar-refractivity contribution in [1.82, 2.24) is 0 Å². The van der Waals surface area contributed by atoms with Crippen LogP contribution < -0.4 is 11.1 Å². The molecule has 0 saturated carbocycles. The molecular weight excluding hydrogens is 242 g/mol.